The Labute approximate surface area is 203 Å². The molecular weight excluding hydrogens is 450 g/mol. The summed E-state index contributed by atoms with van der Waals surface area (Å²) < 4.78 is 12.7. The standard InChI is InChI=1S/C27H24ClN3O3/c1-18-9-14-24(20-7-5-4-6-8-20)31(18)22-12-10-21(11-13-22)27(32)30-29-17-19-15-23(28)26(34-3)25(16-19)33-2/h4-17H,1-3H3,(H,30,32)/b29-17+. The molecule has 0 atom stereocenters. The van der Waals surface area contributed by atoms with Gasteiger partial charge in [-0.05, 0) is 66.6 Å². The summed E-state index contributed by atoms with van der Waals surface area (Å²) >= 11 is 6.21. The molecule has 1 amide bonds. The Morgan fingerprint density at radius 3 is 2.38 bits per heavy atom. The van der Waals surface area contributed by atoms with E-state index in [0.717, 1.165) is 22.6 Å². The highest BCUT2D eigenvalue weighted by Gasteiger charge is 2.12. The summed E-state index contributed by atoms with van der Waals surface area (Å²) in [7, 11) is 3.04. The molecule has 0 aliphatic heterocycles. The van der Waals surface area contributed by atoms with Gasteiger partial charge >= 0.3 is 0 Å². The maximum absolute atomic E-state index is 12.6. The number of benzene rings is 3. The Bertz CT molecular complexity index is 1330. The minimum atomic E-state index is -0.318. The van der Waals surface area contributed by atoms with E-state index in [1.54, 1.807) is 24.3 Å². The van der Waals surface area contributed by atoms with Gasteiger partial charge in [0.15, 0.2) is 11.5 Å². The van der Waals surface area contributed by atoms with E-state index in [0.29, 0.717) is 27.6 Å². The van der Waals surface area contributed by atoms with Crippen LogP contribution in [0.1, 0.15) is 21.6 Å². The van der Waals surface area contributed by atoms with Gasteiger partial charge in [0.2, 0.25) is 0 Å². The van der Waals surface area contributed by atoms with Crippen molar-refractivity contribution in [2.75, 3.05) is 14.2 Å². The maximum atomic E-state index is 12.6. The van der Waals surface area contributed by atoms with E-state index in [1.165, 1.54) is 20.4 Å². The Kier molecular flexibility index (Phi) is 6.99. The normalized spacial score (nSPS) is 10.9. The van der Waals surface area contributed by atoms with Crippen molar-refractivity contribution in [2.24, 2.45) is 5.10 Å². The van der Waals surface area contributed by atoms with Gasteiger partial charge in [-0.1, -0.05) is 41.9 Å². The molecule has 1 N–H and O–H groups in total. The number of aromatic nitrogens is 1. The van der Waals surface area contributed by atoms with Crippen LogP contribution >= 0.6 is 11.6 Å². The van der Waals surface area contributed by atoms with Gasteiger partial charge in [-0.2, -0.15) is 5.10 Å². The van der Waals surface area contributed by atoms with E-state index >= 15 is 0 Å². The van der Waals surface area contributed by atoms with Crippen molar-refractivity contribution < 1.29 is 14.3 Å². The lowest BCUT2D eigenvalue weighted by Crippen LogP contribution is -2.17. The van der Waals surface area contributed by atoms with Crippen LogP contribution in [0.25, 0.3) is 16.9 Å². The predicted octanol–water partition coefficient (Wildman–Crippen LogP) is 5.89. The third-order valence-electron chi connectivity index (χ3n) is 5.37. The Morgan fingerprint density at radius 1 is 0.971 bits per heavy atom. The van der Waals surface area contributed by atoms with E-state index in [2.05, 4.69) is 46.3 Å². The number of halogens is 1. The molecule has 0 radical (unpaired) electrons. The van der Waals surface area contributed by atoms with Gasteiger partial charge in [-0.15, -0.1) is 0 Å². The second-order valence-electron chi connectivity index (χ2n) is 7.55. The zero-order chi connectivity index (χ0) is 24.1. The molecule has 6 nitrogen and oxygen atoms in total. The van der Waals surface area contributed by atoms with Crippen molar-refractivity contribution in [3.8, 4) is 28.4 Å². The van der Waals surface area contributed by atoms with Gasteiger partial charge in [-0.25, -0.2) is 5.43 Å². The van der Waals surface area contributed by atoms with E-state index < -0.39 is 0 Å². The molecule has 3 aromatic carbocycles. The number of hydrogen-bond acceptors (Lipinski definition) is 4. The second-order valence-corrected chi connectivity index (χ2v) is 7.95. The minimum Gasteiger partial charge on any atom is -0.493 e. The average Bonchev–Trinajstić information content (AvgIpc) is 3.25. The van der Waals surface area contributed by atoms with Crippen LogP contribution in [0.4, 0.5) is 0 Å². The number of rotatable bonds is 7. The fourth-order valence-electron chi connectivity index (χ4n) is 3.72. The number of aryl methyl sites for hydroxylation is 1. The molecule has 34 heavy (non-hydrogen) atoms. The van der Waals surface area contributed by atoms with Crippen LogP contribution in [0.15, 0.2) is 84.0 Å². The van der Waals surface area contributed by atoms with Crippen molar-refractivity contribution in [3.05, 3.63) is 101 Å². The van der Waals surface area contributed by atoms with Crippen LogP contribution in [0.5, 0.6) is 11.5 Å². The molecule has 0 aliphatic carbocycles. The fourth-order valence-corrected chi connectivity index (χ4v) is 4.02. The summed E-state index contributed by atoms with van der Waals surface area (Å²) in [5, 5.41) is 4.43. The van der Waals surface area contributed by atoms with Gasteiger partial charge in [0.05, 0.1) is 31.2 Å². The minimum absolute atomic E-state index is 0.318. The number of amides is 1. The molecule has 7 heteroatoms. The molecule has 0 aliphatic rings. The molecule has 0 saturated carbocycles. The molecule has 0 unspecified atom stereocenters. The number of hydrogen-bond donors (Lipinski definition) is 1. The zero-order valence-electron chi connectivity index (χ0n) is 19.1. The second kappa shape index (κ2) is 10.3. The zero-order valence-corrected chi connectivity index (χ0v) is 19.8. The van der Waals surface area contributed by atoms with Crippen molar-refractivity contribution in [1.29, 1.82) is 0 Å². The summed E-state index contributed by atoms with van der Waals surface area (Å²) in [4.78, 5) is 12.6. The molecule has 4 aromatic rings. The predicted molar refractivity (Wildman–Crippen MR) is 136 cm³/mol. The number of nitrogens with one attached hydrogen (secondary N) is 1. The van der Waals surface area contributed by atoms with Crippen LogP contribution in [-0.4, -0.2) is 30.9 Å². The largest absolute Gasteiger partial charge is 0.493 e. The highest BCUT2D eigenvalue weighted by atomic mass is 35.5. The highest BCUT2D eigenvalue weighted by molar-refractivity contribution is 6.32. The summed E-state index contributed by atoms with van der Waals surface area (Å²) in [6.07, 6.45) is 1.50. The molecule has 1 heterocycles. The lowest BCUT2D eigenvalue weighted by molar-refractivity contribution is 0.0955. The third-order valence-corrected chi connectivity index (χ3v) is 5.65. The molecule has 172 valence electrons. The first-order chi connectivity index (χ1) is 16.5. The van der Waals surface area contributed by atoms with Gasteiger partial charge < -0.3 is 14.0 Å². The van der Waals surface area contributed by atoms with Crippen molar-refractivity contribution >= 4 is 23.7 Å². The van der Waals surface area contributed by atoms with Gasteiger partial charge in [0.1, 0.15) is 0 Å². The van der Waals surface area contributed by atoms with Gasteiger partial charge in [0, 0.05) is 16.9 Å². The van der Waals surface area contributed by atoms with Crippen molar-refractivity contribution in [2.45, 2.75) is 6.92 Å². The number of carbonyl (C=O) groups excluding carboxylic acids is 1. The van der Waals surface area contributed by atoms with Crippen molar-refractivity contribution in [1.82, 2.24) is 9.99 Å². The van der Waals surface area contributed by atoms with Crippen molar-refractivity contribution in [3.63, 3.8) is 0 Å². The fraction of sp³-hybridized carbons (Fsp3) is 0.111. The molecule has 1 aromatic heterocycles. The third kappa shape index (κ3) is 4.82. The SMILES string of the molecule is COc1cc(/C=N/NC(=O)c2ccc(-n3c(C)ccc3-c3ccccc3)cc2)cc(Cl)c1OC. The van der Waals surface area contributed by atoms with E-state index in [-0.39, 0.29) is 5.91 Å². The van der Waals surface area contributed by atoms with Crippen LogP contribution in [0.2, 0.25) is 5.02 Å². The summed E-state index contributed by atoms with van der Waals surface area (Å²) in [5.74, 6) is 0.606. The monoisotopic (exact) mass is 473 g/mol. The Hall–Kier alpha value is -4.03. The molecular formula is C27H24ClN3O3. The van der Waals surface area contributed by atoms with Crippen LogP contribution in [0, 0.1) is 6.92 Å². The molecule has 0 bridgehead atoms. The first-order valence-corrected chi connectivity index (χ1v) is 11.0. The first kappa shape index (κ1) is 23.1. The van der Waals surface area contributed by atoms with Crippen LogP contribution < -0.4 is 14.9 Å². The number of nitrogens with zero attached hydrogens (tertiary/aromatic N) is 2. The lowest BCUT2D eigenvalue weighted by Gasteiger charge is -2.12. The molecule has 0 spiro atoms. The van der Waals surface area contributed by atoms with E-state index in [9.17, 15) is 4.79 Å². The number of hydrazone groups is 1. The summed E-state index contributed by atoms with van der Waals surface area (Å²) in [5.41, 5.74) is 8.00. The Morgan fingerprint density at radius 2 is 1.71 bits per heavy atom. The van der Waals surface area contributed by atoms with Gasteiger partial charge in [-0.3, -0.25) is 4.79 Å². The molecule has 0 saturated heterocycles. The van der Waals surface area contributed by atoms with Crippen LogP contribution in [0.3, 0.4) is 0 Å². The Balaban J connectivity index is 1.49. The average molecular weight is 474 g/mol. The lowest BCUT2D eigenvalue weighted by atomic mass is 10.1. The first-order valence-electron chi connectivity index (χ1n) is 10.6. The molecule has 0 fully saturated rings. The van der Waals surface area contributed by atoms with Crippen LogP contribution in [-0.2, 0) is 0 Å². The van der Waals surface area contributed by atoms with Gasteiger partial charge in [0.25, 0.3) is 5.91 Å². The van der Waals surface area contributed by atoms with E-state index in [4.69, 9.17) is 21.1 Å². The number of methoxy groups -OCH3 is 2. The number of carbonyl (C=O) groups is 1. The smallest absolute Gasteiger partial charge is 0.271 e. The van der Waals surface area contributed by atoms with E-state index in [1.807, 2.05) is 30.3 Å². The summed E-state index contributed by atoms with van der Waals surface area (Å²) in [6, 6.07) is 25.2. The number of ether oxygens (including phenoxy) is 2. The molecule has 4 rings (SSSR count). The summed E-state index contributed by atoms with van der Waals surface area (Å²) in [6.45, 7) is 2.06. The maximum Gasteiger partial charge on any atom is 0.271 e. The topological polar surface area (TPSA) is 64.8 Å². The quantitative estimate of drug-likeness (QED) is 0.269. The highest BCUT2D eigenvalue weighted by Crippen LogP contribution is 2.35.